The van der Waals surface area contributed by atoms with E-state index in [0.717, 1.165) is 39.0 Å². The SMILES string of the molecule is C/C=C(\C=C/N)CNCC1=CC=C(CNCC(/C=C\NC)=C/C)CC1.CC. The van der Waals surface area contributed by atoms with Crippen molar-refractivity contribution in [3.8, 4) is 0 Å². The molecule has 0 unspecified atom stereocenters. The van der Waals surface area contributed by atoms with Gasteiger partial charge in [-0.15, -0.1) is 0 Å². The van der Waals surface area contributed by atoms with Crippen molar-refractivity contribution in [2.45, 2.75) is 40.5 Å². The van der Waals surface area contributed by atoms with Gasteiger partial charge in [0.25, 0.3) is 0 Å². The lowest BCUT2D eigenvalue weighted by molar-refractivity contribution is 0.721. The minimum atomic E-state index is 0.853. The molecule has 0 aromatic heterocycles. The molecule has 0 aromatic carbocycles. The van der Waals surface area contributed by atoms with Crippen LogP contribution in [0.25, 0.3) is 0 Å². The van der Waals surface area contributed by atoms with Crippen LogP contribution in [-0.4, -0.2) is 33.2 Å². The fourth-order valence-electron chi connectivity index (χ4n) is 2.58. The normalized spacial score (nSPS) is 15.4. The van der Waals surface area contributed by atoms with E-state index in [1.54, 1.807) is 6.20 Å². The summed E-state index contributed by atoms with van der Waals surface area (Å²) in [4.78, 5) is 0. The van der Waals surface area contributed by atoms with Crippen LogP contribution in [0.4, 0.5) is 0 Å². The molecule has 0 fully saturated rings. The molecule has 0 amide bonds. The zero-order chi connectivity index (χ0) is 20.3. The van der Waals surface area contributed by atoms with E-state index in [4.69, 9.17) is 5.73 Å². The third kappa shape index (κ3) is 12.1. The summed E-state index contributed by atoms with van der Waals surface area (Å²) in [5, 5.41) is 10.0. The van der Waals surface area contributed by atoms with E-state index >= 15 is 0 Å². The molecule has 4 heteroatoms. The summed E-state index contributed by atoms with van der Waals surface area (Å²) in [5.41, 5.74) is 10.9. The van der Waals surface area contributed by atoms with Crippen LogP contribution >= 0.6 is 0 Å². The molecule has 0 saturated heterocycles. The predicted octanol–water partition coefficient (Wildman–Crippen LogP) is 3.94. The Morgan fingerprint density at radius 2 is 1.41 bits per heavy atom. The lowest BCUT2D eigenvalue weighted by Crippen LogP contribution is -2.22. The topological polar surface area (TPSA) is 62.1 Å². The molecule has 0 radical (unpaired) electrons. The number of nitrogens with two attached hydrogens (primary N) is 1. The first kappa shape index (κ1) is 25.0. The van der Waals surface area contributed by atoms with Crippen LogP contribution in [0, 0.1) is 0 Å². The Labute approximate surface area is 167 Å². The van der Waals surface area contributed by atoms with Gasteiger partial charge in [0, 0.05) is 33.2 Å². The van der Waals surface area contributed by atoms with E-state index in [2.05, 4.69) is 53.3 Å². The summed E-state index contributed by atoms with van der Waals surface area (Å²) in [6, 6.07) is 0. The van der Waals surface area contributed by atoms with Crippen molar-refractivity contribution in [1.29, 1.82) is 0 Å². The first-order valence-electron chi connectivity index (χ1n) is 10.0. The van der Waals surface area contributed by atoms with Crippen LogP contribution in [0.5, 0.6) is 0 Å². The van der Waals surface area contributed by atoms with Crippen LogP contribution in [0.3, 0.4) is 0 Å². The number of allylic oxidation sites excluding steroid dienone is 4. The summed E-state index contributed by atoms with van der Waals surface area (Å²) >= 11 is 0. The summed E-state index contributed by atoms with van der Waals surface area (Å²) in [7, 11) is 1.91. The molecule has 1 aliphatic carbocycles. The minimum absolute atomic E-state index is 0.853. The second kappa shape index (κ2) is 17.4. The van der Waals surface area contributed by atoms with Gasteiger partial charge in [-0.1, -0.05) is 49.3 Å². The molecule has 0 aromatic rings. The standard InChI is InChI=1S/C21H34N4.C2H6/c1-4-18(10-12-22)14-24-16-20-6-8-21(9-7-20)17-25-15-19(5-2)11-13-23-3;1-2/h4-6,8,10-13,23-25H,7,9,14-17,22H2,1-3H3;1-2H3/b12-10-,13-11-,18-4+,19-5+;. The molecule has 27 heavy (non-hydrogen) atoms. The van der Waals surface area contributed by atoms with Crippen molar-refractivity contribution in [2.24, 2.45) is 5.73 Å². The smallest absolute Gasteiger partial charge is 0.0205 e. The van der Waals surface area contributed by atoms with Crippen LogP contribution in [0.15, 0.2) is 71.1 Å². The highest BCUT2D eigenvalue weighted by molar-refractivity contribution is 5.27. The van der Waals surface area contributed by atoms with Crippen molar-refractivity contribution in [3.63, 3.8) is 0 Å². The zero-order valence-electron chi connectivity index (χ0n) is 17.9. The maximum atomic E-state index is 5.44. The molecule has 0 aliphatic heterocycles. The van der Waals surface area contributed by atoms with E-state index in [0.29, 0.717) is 0 Å². The van der Waals surface area contributed by atoms with Gasteiger partial charge in [0.2, 0.25) is 0 Å². The number of rotatable bonds is 11. The third-order valence-electron chi connectivity index (χ3n) is 4.20. The van der Waals surface area contributed by atoms with E-state index in [9.17, 15) is 0 Å². The molecule has 152 valence electrons. The van der Waals surface area contributed by atoms with Gasteiger partial charge in [0.1, 0.15) is 0 Å². The first-order chi connectivity index (χ1) is 13.2. The lowest BCUT2D eigenvalue weighted by Gasteiger charge is -2.16. The van der Waals surface area contributed by atoms with Crippen LogP contribution in [0.2, 0.25) is 0 Å². The second-order valence-electron chi connectivity index (χ2n) is 6.07. The third-order valence-corrected chi connectivity index (χ3v) is 4.20. The highest BCUT2D eigenvalue weighted by atomic mass is 14.9. The molecule has 4 nitrogen and oxygen atoms in total. The molecule has 0 heterocycles. The lowest BCUT2D eigenvalue weighted by atomic mass is 9.98. The maximum Gasteiger partial charge on any atom is 0.0205 e. The van der Waals surface area contributed by atoms with Gasteiger partial charge in [-0.3, -0.25) is 0 Å². The Balaban J connectivity index is 0.00000326. The van der Waals surface area contributed by atoms with E-state index in [1.165, 1.54) is 22.3 Å². The molecule has 0 spiro atoms. The van der Waals surface area contributed by atoms with Gasteiger partial charge in [-0.05, 0) is 62.4 Å². The van der Waals surface area contributed by atoms with Crippen molar-refractivity contribution < 1.29 is 0 Å². The van der Waals surface area contributed by atoms with Crippen molar-refractivity contribution >= 4 is 0 Å². The zero-order valence-corrected chi connectivity index (χ0v) is 17.9. The molecule has 1 rings (SSSR count). The largest absolute Gasteiger partial charge is 0.405 e. The molecule has 0 saturated carbocycles. The summed E-state index contributed by atoms with van der Waals surface area (Å²) in [5.74, 6) is 0. The van der Waals surface area contributed by atoms with Gasteiger partial charge in [-0.2, -0.15) is 0 Å². The van der Waals surface area contributed by atoms with E-state index in [1.807, 2.05) is 40.1 Å². The molecule has 5 N–H and O–H groups in total. The Bertz CT molecular complexity index is 563. The van der Waals surface area contributed by atoms with Gasteiger partial charge in [0.15, 0.2) is 0 Å². The fourth-order valence-corrected chi connectivity index (χ4v) is 2.58. The maximum absolute atomic E-state index is 5.44. The van der Waals surface area contributed by atoms with Crippen molar-refractivity contribution in [2.75, 3.05) is 33.2 Å². The number of hydrogen-bond acceptors (Lipinski definition) is 4. The Hall–Kier alpha value is -2.04. The first-order valence-corrected chi connectivity index (χ1v) is 10.0. The van der Waals surface area contributed by atoms with Crippen LogP contribution in [0.1, 0.15) is 40.5 Å². The average Bonchev–Trinajstić information content (AvgIpc) is 2.72. The van der Waals surface area contributed by atoms with Gasteiger partial charge in [0.05, 0.1) is 0 Å². The fraction of sp³-hybridized carbons (Fsp3) is 0.478. The van der Waals surface area contributed by atoms with Gasteiger partial charge >= 0.3 is 0 Å². The van der Waals surface area contributed by atoms with Crippen LogP contribution in [-0.2, 0) is 0 Å². The Morgan fingerprint density at radius 3 is 1.78 bits per heavy atom. The Morgan fingerprint density at radius 1 is 0.926 bits per heavy atom. The van der Waals surface area contributed by atoms with E-state index in [-0.39, 0.29) is 0 Å². The average molecular weight is 373 g/mol. The van der Waals surface area contributed by atoms with Gasteiger partial charge in [-0.25, -0.2) is 0 Å². The highest BCUT2D eigenvalue weighted by Gasteiger charge is 2.06. The molecule has 1 aliphatic rings. The minimum Gasteiger partial charge on any atom is -0.405 e. The summed E-state index contributed by atoms with van der Waals surface area (Å²) in [6.07, 6.45) is 18.6. The monoisotopic (exact) mass is 372 g/mol. The quantitative estimate of drug-likeness (QED) is 0.415. The van der Waals surface area contributed by atoms with Crippen LogP contribution < -0.4 is 21.7 Å². The van der Waals surface area contributed by atoms with Crippen molar-refractivity contribution in [1.82, 2.24) is 16.0 Å². The summed E-state index contributed by atoms with van der Waals surface area (Å²) in [6.45, 7) is 11.7. The number of hydrogen-bond donors (Lipinski definition) is 4. The van der Waals surface area contributed by atoms with E-state index < -0.39 is 0 Å². The highest BCUT2D eigenvalue weighted by Crippen LogP contribution is 2.17. The number of nitrogens with one attached hydrogen (secondary N) is 3. The molecular formula is C23H40N4. The Kier molecular flexibility index (Phi) is 16.1. The second-order valence-corrected chi connectivity index (χ2v) is 6.07. The predicted molar refractivity (Wildman–Crippen MR) is 122 cm³/mol. The molecule has 0 atom stereocenters. The van der Waals surface area contributed by atoms with Crippen molar-refractivity contribution in [3.05, 3.63) is 71.1 Å². The molecular weight excluding hydrogens is 332 g/mol. The molecule has 0 bridgehead atoms. The summed E-state index contributed by atoms with van der Waals surface area (Å²) < 4.78 is 0. The van der Waals surface area contributed by atoms with Gasteiger partial charge < -0.3 is 21.7 Å².